The van der Waals surface area contributed by atoms with E-state index in [2.05, 4.69) is 5.32 Å². The number of aliphatic carboxylic acids is 1. The second-order valence-electron chi connectivity index (χ2n) is 6.90. The SMILES string of the molecule is CN(CC1CCOCC1)C(=O)NC(CC(=O)O)C(C)(C)C. The highest BCUT2D eigenvalue weighted by Gasteiger charge is 2.29. The van der Waals surface area contributed by atoms with Gasteiger partial charge in [0.25, 0.3) is 0 Å². The topological polar surface area (TPSA) is 78.9 Å². The molecule has 6 nitrogen and oxygen atoms in total. The van der Waals surface area contributed by atoms with Gasteiger partial charge in [-0.3, -0.25) is 4.79 Å². The molecule has 0 aromatic rings. The lowest BCUT2D eigenvalue weighted by Gasteiger charge is -2.33. The van der Waals surface area contributed by atoms with E-state index in [1.165, 1.54) is 0 Å². The van der Waals surface area contributed by atoms with Crippen molar-refractivity contribution in [3.05, 3.63) is 0 Å². The van der Waals surface area contributed by atoms with Crippen LogP contribution < -0.4 is 5.32 Å². The van der Waals surface area contributed by atoms with Crippen LogP contribution in [0.3, 0.4) is 0 Å². The number of amides is 2. The van der Waals surface area contributed by atoms with Crippen molar-refractivity contribution in [1.29, 1.82) is 0 Å². The van der Waals surface area contributed by atoms with Crippen LogP contribution in [0.5, 0.6) is 0 Å². The molecule has 0 spiro atoms. The average molecular weight is 300 g/mol. The van der Waals surface area contributed by atoms with Crippen molar-refractivity contribution >= 4 is 12.0 Å². The van der Waals surface area contributed by atoms with Gasteiger partial charge in [0, 0.05) is 32.8 Å². The number of carboxylic acids is 1. The van der Waals surface area contributed by atoms with Crippen LogP contribution in [0.25, 0.3) is 0 Å². The molecule has 21 heavy (non-hydrogen) atoms. The molecule has 0 aromatic heterocycles. The van der Waals surface area contributed by atoms with Gasteiger partial charge in [-0.05, 0) is 24.2 Å². The second-order valence-corrected chi connectivity index (χ2v) is 6.90. The van der Waals surface area contributed by atoms with Gasteiger partial charge in [-0.15, -0.1) is 0 Å². The van der Waals surface area contributed by atoms with Gasteiger partial charge >= 0.3 is 12.0 Å². The maximum absolute atomic E-state index is 12.2. The fraction of sp³-hybridized carbons (Fsp3) is 0.867. The highest BCUT2D eigenvalue weighted by Crippen LogP contribution is 2.22. The molecule has 1 rings (SSSR count). The van der Waals surface area contributed by atoms with Gasteiger partial charge in [0.2, 0.25) is 0 Å². The van der Waals surface area contributed by atoms with Gasteiger partial charge in [0.05, 0.1) is 6.42 Å². The quantitative estimate of drug-likeness (QED) is 0.813. The zero-order valence-electron chi connectivity index (χ0n) is 13.5. The van der Waals surface area contributed by atoms with Gasteiger partial charge in [0.15, 0.2) is 0 Å². The molecule has 0 saturated carbocycles. The lowest BCUT2D eigenvalue weighted by atomic mass is 9.85. The van der Waals surface area contributed by atoms with Crippen molar-refractivity contribution in [2.75, 3.05) is 26.8 Å². The Hall–Kier alpha value is -1.30. The van der Waals surface area contributed by atoms with Gasteiger partial charge in [-0.2, -0.15) is 0 Å². The third-order valence-corrected chi connectivity index (χ3v) is 3.94. The molecule has 6 heteroatoms. The number of nitrogens with one attached hydrogen (secondary N) is 1. The van der Waals surface area contributed by atoms with E-state index in [1.54, 1.807) is 11.9 Å². The first-order valence-electron chi connectivity index (χ1n) is 7.51. The van der Waals surface area contributed by atoms with Crippen molar-refractivity contribution in [3.8, 4) is 0 Å². The molecule has 1 aliphatic rings. The van der Waals surface area contributed by atoms with E-state index >= 15 is 0 Å². The molecule has 2 amide bonds. The number of carboxylic acid groups (broad SMARTS) is 1. The Labute approximate surface area is 126 Å². The number of ether oxygens (including phenoxy) is 1. The van der Waals surface area contributed by atoms with E-state index in [0.29, 0.717) is 12.5 Å². The molecule has 0 radical (unpaired) electrons. The summed E-state index contributed by atoms with van der Waals surface area (Å²) in [6.45, 7) is 7.98. The molecule has 1 saturated heterocycles. The molecule has 0 bridgehead atoms. The Morgan fingerprint density at radius 2 is 1.90 bits per heavy atom. The smallest absolute Gasteiger partial charge is 0.317 e. The normalized spacial score (nSPS) is 18.1. The van der Waals surface area contributed by atoms with Gasteiger partial charge in [-0.1, -0.05) is 20.8 Å². The standard InChI is InChI=1S/C15H28N2O4/c1-15(2,3)12(9-13(18)19)16-14(20)17(4)10-11-5-7-21-8-6-11/h11-12H,5-10H2,1-4H3,(H,16,20)(H,18,19). The third kappa shape index (κ3) is 6.33. The summed E-state index contributed by atoms with van der Waals surface area (Å²) in [5.74, 6) is -0.440. The van der Waals surface area contributed by atoms with Crippen molar-refractivity contribution < 1.29 is 19.4 Å². The minimum atomic E-state index is -0.901. The molecule has 122 valence electrons. The van der Waals surface area contributed by atoms with Crippen LogP contribution in [0, 0.1) is 11.3 Å². The molecule has 1 heterocycles. The van der Waals surface area contributed by atoms with Crippen molar-refractivity contribution in [2.45, 2.75) is 46.1 Å². The summed E-state index contributed by atoms with van der Waals surface area (Å²) in [5.41, 5.74) is -0.298. The van der Waals surface area contributed by atoms with Crippen LogP contribution in [-0.4, -0.2) is 54.9 Å². The van der Waals surface area contributed by atoms with Crippen LogP contribution in [0.2, 0.25) is 0 Å². The number of carbonyl (C=O) groups is 2. The molecule has 1 unspecified atom stereocenters. The molecule has 0 aromatic carbocycles. The van der Waals surface area contributed by atoms with Crippen molar-refractivity contribution in [3.63, 3.8) is 0 Å². The monoisotopic (exact) mass is 300 g/mol. The van der Waals surface area contributed by atoms with Crippen LogP contribution in [0.4, 0.5) is 4.79 Å². The Morgan fingerprint density at radius 1 is 1.33 bits per heavy atom. The summed E-state index contributed by atoms with van der Waals surface area (Å²) < 4.78 is 5.31. The Kier molecular flexibility index (Phi) is 6.45. The number of urea groups is 1. The first-order chi connectivity index (χ1) is 9.70. The zero-order valence-corrected chi connectivity index (χ0v) is 13.5. The van der Waals surface area contributed by atoms with E-state index in [1.807, 2.05) is 20.8 Å². The summed E-state index contributed by atoms with van der Waals surface area (Å²) >= 11 is 0. The summed E-state index contributed by atoms with van der Waals surface area (Å²) in [4.78, 5) is 24.8. The summed E-state index contributed by atoms with van der Waals surface area (Å²) in [6, 6.07) is -0.595. The molecular weight excluding hydrogens is 272 g/mol. The lowest BCUT2D eigenvalue weighted by molar-refractivity contribution is -0.138. The number of carbonyl (C=O) groups excluding carboxylic acids is 1. The van der Waals surface area contributed by atoms with Crippen molar-refractivity contribution in [2.24, 2.45) is 11.3 Å². The highest BCUT2D eigenvalue weighted by atomic mass is 16.5. The predicted octanol–water partition coefficient (Wildman–Crippen LogP) is 1.94. The second kappa shape index (κ2) is 7.64. The minimum absolute atomic E-state index is 0.0691. The molecule has 1 fully saturated rings. The number of rotatable bonds is 5. The molecular formula is C15H28N2O4. The fourth-order valence-electron chi connectivity index (χ4n) is 2.41. The molecule has 1 atom stereocenters. The van der Waals surface area contributed by atoms with E-state index < -0.39 is 5.97 Å². The average Bonchev–Trinajstić information content (AvgIpc) is 2.37. The highest BCUT2D eigenvalue weighted by molar-refractivity contribution is 5.75. The number of hydrogen-bond acceptors (Lipinski definition) is 3. The maximum Gasteiger partial charge on any atom is 0.317 e. The Balaban J connectivity index is 2.53. The van der Waals surface area contributed by atoms with Crippen LogP contribution in [0.1, 0.15) is 40.0 Å². The molecule has 1 aliphatic heterocycles. The van der Waals surface area contributed by atoms with Crippen LogP contribution >= 0.6 is 0 Å². The van der Waals surface area contributed by atoms with E-state index in [9.17, 15) is 9.59 Å². The van der Waals surface area contributed by atoms with Crippen LogP contribution in [0.15, 0.2) is 0 Å². The lowest BCUT2D eigenvalue weighted by Crippen LogP contribution is -2.50. The first kappa shape index (κ1) is 17.8. The molecule has 2 N–H and O–H groups in total. The van der Waals surface area contributed by atoms with Gasteiger partial charge in [0.1, 0.15) is 0 Å². The summed E-state index contributed by atoms with van der Waals surface area (Å²) in [7, 11) is 1.76. The van der Waals surface area contributed by atoms with Crippen molar-refractivity contribution in [1.82, 2.24) is 10.2 Å². The summed E-state index contributed by atoms with van der Waals surface area (Å²) in [5, 5.41) is 11.8. The largest absolute Gasteiger partial charge is 0.481 e. The predicted molar refractivity (Wildman–Crippen MR) is 80.2 cm³/mol. The number of nitrogens with zero attached hydrogens (tertiary/aromatic N) is 1. The number of hydrogen-bond donors (Lipinski definition) is 2. The minimum Gasteiger partial charge on any atom is -0.481 e. The molecule has 0 aliphatic carbocycles. The van der Waals surface area contributed by atoms with E-state index in [4.69, 9.17) is 9.84 Å². The maximum atomic E-state index is 12.2. The fourth-order valence-corrected chi connectivity index (χ4v) is 2.41. The van der Waals surface area contributed by atoms with Gasteiger partial charge in [-0.25, -0.2) is 4.79 Å². The third-order valence-electron chi connectivity index (χ3n) is 3.94. The Morgan fingerprint density at radius 3 is 2.38 bits per heavy atom. The van der Waals surface area contributed by atoms with Gasteiger partial charge < -0.3 is 20.1 Å². The summed E-state index contributed by atoms with van der Waals surface area (Å²) in [6.07, 6.45) is 1.87. The zero-order chi connectivity index (χ0) is 16.0. The van der Waals surface area contributed by atoms with E-state index in [-0.39, 0.29) is 23.9 Å². The van der Waals surface area contributed by atoms with Crippen LogP contribution in [-0.2, 0) is 9.53 Å². The van der Waals surface area contributed by atoms with E-state index in [0.717, 1.165) is 26.1 Å². The first-order valence-corrected chi connectivity index (χ1v) is 7.51. The Bertz CT molecular complexity index is 359.